The molecule has 2 rings (SSSR count). The van der Waals surface area contributed by atoms with Gasteiger partial charge in [0.05, 0.1) is 6.61 Å². The van der Waals surface area contributed by atoms with Crippen molar-refractivity contribution in [1.29, 1.82) is 0 Å². The van der Waals surface area contributed by atoms with Crippen molar-refractivity contribution in [3.8, 4) is 0 Å². The largest absolute Gasteiger partial charge is 0.463 e. The van der Waals surface area contributed by atoms with Crippen LogP contribution in [0.1, 0.15) is 35.7 Å². The standard InChI is InChI=1S/C17H16Cl2O3/c1-2-22-16(21)17(18,19)15(20)14-10-8-13(9-11-14)12-6-4-3-5-7-12/h3-4,6,8-11H,2,5,7H2,1H3. The Kier molecular flexibility index (Phi) is 5.43. The molecule has 1 aliphatic rings. The lowest BCUT2D eigenvalue weighted by Crippen LogP contribution is -2.37. The number of halogens is 2. The molecule has 0 saturated heterocycles. The summed E-state index contributed by atoms with van der Waals surface area (Å²) in [5.41, 5.74) is 2.51. The Bertz CT molecular complexity index is 628. The first-order valence-corrected chi connectivity index (χ1v) is 7.78. The van der Waals surface area contributed by atoms with Crippen LogP contribution in [0.2, 0.25) is 0 Å². The highest BCUT2D eigenvalue weighted by atomic mass is 35.5. The molecule has 0 aliphatic heterocycles. The zero-order valence-corrected chi connectivity index (χ0v) is 13.7. The smallest absolute Gasteiger partial charge is 0.350 e. The van der Waals surface area contributed by atoms with Crippen molar-refractivity contribution in [3.05, 3.63) is 53.6 Å². The summed E-state index contributed by atoms with van der Waals surface area (Å²) in [7, 11) is 0. The van der Waals surface area contributed by atoms with Gasteiger partial charge in [-0.2, -0.15) is 0 Å². The molecule has 0 saturated carbocycles. The van der Waals surface area contributed by atoms with Crippen molar-refractivity contribution in [2.24, 2.45) is 0 Å². The number of esters is 1. The number of carbonyl (C=O) groups excluding carboxylic acids is 2. The topological polar surface area (TPSA) is 43.4 Å². The second kappa shape index (κ2) is 7.12. The van der Waals surface area contributed by atoms with Gasteiger partial charge >= 0.3 is 5.97 Å². The molecular weight excluding hydrogens is 323 g/mol. The lowest BCUT2D eigenvalue weighted by molar-refractivity contribution is -0.142. The number of allylic oxidation sites excluding steroid dienone is 4. The predicted molar refractivity (Wildman–Crippen MR) is 88.2 cm³/mol. The van der Waals surface area contributed by atoms with Gasteiger partial charge in [0, 0.05) is 5.56 Å². The second-order valence-corrected chi connectivity index (χ2v) is 6.19. The van der Waals surface area contributed by atoms with E-state index in [1.807, 2.05) is 24.3 Å². The van der Waals surface area contributed by atoms with Gasteiger partial charge in [-0.3, -0.25) is 4.79 Å². The first kappa shape index (κ1) is 16.8. The Morgan fingerprint density at radius 3 is 2.45 bits per heavy atom. The molecule has 22 heavy (non-hydrogen) atoms. The maximum absolute atomic E-state index is 12.3. The van der Waals surface area contributed by atoms with Gasteiger partial charge in [-0.25, -0.2) is 4.79 Å². The number of benzene rings is 1. The molecule has 0 amide bonds. The van der Waals surface area contributed by atoms with Crippen LogP contribution in [-0.2, 0) is 9.53 Å². The van der Waals surface area contributed by atoms with E-state index in [0.29, 0.717) is 0 Å². The molecular formula is C17H16Cl2O3. The lowest BCUT2D eigenvalue weighted by Gasteiger charge is -2.16. The summed E-state index contributed by atoms with van der Waals surface area (Å²) in [6.07, 6.45) is 8.13. The molecule has 0 fully saturated rings. The fraction of sp³-hybridized carbons (Fsp3) is 0.294. The van der Waals surface area contributed by atoms with Crippen molar-refractivity contribution in [2.45, 2.75) is 24.1 Å². The molecule has 5 heteroatoms. The van der Waals surface area contributed by atoms with Crippen LogP contribution in [-0.4, -0.2) is 22.7 Å². The summed E-state index contributed by atoms with van der Waals surface area (Å²) in [5, 5.41) is 0. The number of ether oxygens (including phenoxy) is 1. The SMILES string of the molecule is CCOC(=O)C(Cl)(Cl)C(=O)c1ccc(C2=CC=CCC2)cc1. The van der Waals surface area contributed by atoms with E-state index < -0.39 is 16.1 Å². The van der Waals surface area contributed by atoms with Gasteiger partial charge in [0.2, 0.25) is 5.78 Å². The zero-order chi connectivity index (χ0) is 16.2. The van der Waals surface area contributed by atoms with Crippen LogP contribution in [0.3, 0.4) is 0 Å². The average molecular weight is 339 g/mol. The van der Waals surface area contributed by atoms with Crippen LogP contribution in [0, 0.1) is 0 Å². The summed E-state index contributed by atoms with van der Waals surface area (Å²) in [6.45, 7) is 1.72. The third-order valence-corrected chi connectivity index (χ3v) is 4.00. The highest BCUT2D eigenvalue weighted by Gasteiger charge is 2.44. The summed E-state index contributed by atoms with van der Waals surface area (Å²) < 4.78 is 2.51. The molecule has 1 aliphatic carbocycles. The van der Waals surface area contributed by atoms with Crippen LogP contribution in [0.5, 0.6) is 0 Å². The minimum absolute atomic E-state index is 0.105. The second-order valence-electron chi connectivity index (χ2n) is 4.86. The van der Waals surface area contributed by atoms with Gasteiger partial charge in [0.25, 0.3) is 4.33 Å². The Hall–Kier alpha value is -1.58. The van der Waals surface area contributed by atoms with Gasteiger partial charge in [-0.15, -0.1) is 0 Å². The fourth-order valence-corrected chi connectivity index (χ4v) is 2.50. The summed E-state index contributed by atoms with van der Waals surface area (Å²) in [4.78, 5) is 23.9. The van der Waals surface area contributed by atoms with Crippen LogP contribution in [0.4, 0.5) is 0 Å². The summed E-state index contributed by atoms with van der Waals surface area (Å²) in [6, 6.07) is 6.89. The van der Waals surface area contributed by atoms with Gasteiger partial charge < -0.3 is 4.74 Å². The molecule has 3 nitrogen and oxygen atoms in total. The zero-order valence-electron chi connectivity index (χ0n) is 12.1. The van der Waals surface area contributed by atoms with E-state index in [1.165, 1.54) is 5.57 Å². The average Bonchev–Trinajstić information content (AvgIpc) is 2.55. The number of Topliss-reactive ketones (excluding diaryl/α,β-unsaturated/α-hetero) is 1. The molecule has 116 valence electrons. The number of carbonyl (C=O) groups is 2. The molecule has 1 aromatic rings. The third kappa shape index (κ3) is 3.60. The number of alkyl halides is 2. The summed E-state index contributed by atoms with van der Waals surface area (Å²) >= 11 is 11.7. The molecule has 0 bridgehead atoms. The molecule has 0 spiro atoms. The minimum Gasteiger partial charge on any atom is -0.463 e. The van der Waals surface area contributed by atoms with Crippen LogP contribution >= 0.6 is 23.2 Å². The van der Waals surface area contributed by atoms with Crippen LogP contribution in [0.25, 0.3) is 5.57 Å². The van der Waals surface area contributed by atoms with Crippen molar-refractivity contribution in [2.75, 3.05) is 6.61 Å². The number of hydrogen-bond donors (Lipinski definition) is 0. The predicted octanol–water partition coefficient (Wildman–Crippen LogP) is 4.34. The fourth-order valence-electron chi connectivity index (χ4n) is 2.17. The molecule has 0 aromatic heterocycles. The molecule has 1 aromatic carbocycles. The van der Waals surface area contributed by atoms with E-state index >= 15 is 0 Å². The van der Waals surface area contributed by atoms with Gasteiger partial charge in [-0.1, -0.05) is 65.7 Å². The van der Waals surface area contributed by atoms with Gasteiger partial charge in [0.15, 0.2) is 0 Å². The van der Waals surface area contributed by atoms with Gasteiger partial charge in [-0.05, 0) is 30.9 Å². The van der Waals surface area contributed by atoms with E-state index in [1.54, 1.807) is 19.1 Å². The summed E-state index contributed by atoms with van der Waals surface area (Å²) in [5.74, 6) is -1.63. The molecule has 0 N–H and O–H groups in total. The quantitative estimate of drug-likeness (QED) is 0.347. The van der Waals surface area contributed by atoms with Crippen LogP contribution in [0.15, 0.2) is 42.5 Å². The highest BCUT2D eigenvalue weighted by Crippen LogP contribution is 2.29. The Labute approximate surface area is 139 Å². The van der Waals surface area contributed by atoms with Gasteiger partial charge in [0.1, 0.15) is 0 Å². The maximum atomic E-state index is 12.3. The van der Waals surface area contributed by atoms with E-state index in [-0.39, 0.29) is 12.2 Å². The minimum atomic E-state index is -2.22. The van der Waals surface area contributed by atoms with Crippen LogP contribution < -0.4 is 0 Å². The maximum Gasteiger partial charge on any atom is 0.350 e. The number of rotatable bonds is 5. The molecule has 0 unspecified atom stereocenters. The normalized spacial score (nSPS) is 14.4. The highest BCUT2D eigenvalue weighted by molar-refractivity contribution is 6.68. The van der Waals surface area contributed by atoms with Crippen molar-refractivity contribution in [3.63, 3.8) is 0 Å². The Balaban J connectivity index is 2.19. The Morgan fingerprint density at radius 2 is 1.91 bits per heavy atom. The number of ketones is 1. The van der Waals surface area contributed by atoms with E-state index in [2.05, 4.69) is 6.08 Å². The monoisotopic (exact) mass is 338 g/mol. The van der Waals surface area contributed by atoms with Crippen molar-refractivity contribution < 1.29 is 14.3 Å². The first-order valence-electron chi connectivity index (χ1n) is 7.02. The lowest BCUT2D eigenvalue weighted by atomic mass is 9.95. The van der Waals surface area contributed by atoms with E-state index in [0.717, 1.165) is 18.4 Å². The van der Waals surface area contributed by atoms with Crippen molar-refractivity contribution >= 4 is 40.5 Å². The third-order valence-electron chi connectivity index (χ3n) is 3.35. The molecule has 0 atom stereocenters. The van der Waals surface area contributed by atoms with Crippen molar-refractivity contribution in [1.82, 2.24) is 0 Å². The van der Waals surface area contributed by atoms with E-state index in [9.17, 15) is 9.59 Å². The van der Waals surface area contributed by atoms with E-state index in [4.69, 9.17) is 27.9 Å². The molecule has 0 radical (unpaired) electrons. The Morgan fingerprint density at radius 1 is 1.23 bits per heavy atom. The first-order chi connectivity index (χ1) is 10.5. The number of hydrogen-bond acceptors (Lipinski definition) is 3. The molecule has 0 heterocycles.